The Morgan fingerprint density at radius 1 is 1.11 bits per heavy atom. The second-order valence-corrected chi connectivity index (χ2v) is 5.37. The van der Waals surface area contributed by atoms with E-state index in [2.05, 4.69) is 10.2 Å². The van der Waals surface area contributed by atoms with Crippen LogP contribution < -0.4 is 5.32 Å². The lowest BCUT2D eigenvalue weighted by molar-refractivity contribution is 0.146. The number of carbonyl (C=O) groups is 1. The molecule has 0 unspecified atom stereocenters. The van der Waals surface area contributed by atoms with Crippen molar-refractivity contribution < 1.29 is 4.79 Å². The van der Waals surface area contributed by atoms with E-state index in [1.807, 2.05) is 30.3 Å². The Morgan fingerprint density at radius 3 is 2.44 bits per heavy atom. The first-order valence-corrected chi connectivity index (χ1v) is 6.94. The monoisotopic (exact) mass is 244 g/mol. The molecule has 3 rings (SSSR count). The first-order valence-electron chi connectivity index (χ1n) is 6.94. The van der Waals surface area contributed by atoms with E-state index in [1.54, 1.807) is 0 Å². The second-order valence-electron chi connectivity index (χ2n) is 5.37. The van der Waals surface area contributed by atoms with Crippen LogP contribution in [0.15, 0.2) is 30.3 Å². The van der Waals surface area contributed by atoms with E-state index in [9.17, 15) is 4.79 Å². The van der Waals surface area contributed by atoms with Crippen molar-refractivity contribution >= 4 is 6.03 Å². The summed E-state index contributed by atoms with van der Waals surface area (Å²) in [6.45, 7) is 0.635. The lowest BCUT2D eigenvalue weighted by Gasteiger charge is -2.34. The molecule has 18 heavy (non-hydrogen) atoms. The predicted octanol–water partition coefficient (Wildman–Crippen LogP) is 2.91. The van der Waals surface area contributed by atoms with Crippen molar-refractivity contribution in [1.29, 1.82) is 0 Å². The van der Waals surface area contributed by atoms with Crippen LogP contribution >= 0.6 is 0 Å². The summed E-state index contributed by atoms with van der Waals surface area (Å²) in [7, 11) is 0. The van der Waals surface area contributed by atoms with E-state index in [0.717, 1.165) is 5.56 Å². The molecule has 2 atom stereocenters. The molecule has 2 fully saturated rings. The molecule has 0 radical (unpaired) electrons. The van der Waals surface area contributed by atoms with Crippen molar-refractivity contribution in [3.8, 4) is 0 Å². The summed E-state index contributed by atoms with van der Waals surface area (Å²) >= 11 is 0. The molecule has 0 aromatic heterocycles. The van der Waals surface area contributed by atoms with Crippen LogP contribution in [-0.4, -0.2) is 23.0 Å². The Labute approximate surface area is 108 Å². The summed E-state index contributed by atoms with van der Waals surface area (Å²) in [5.74, 6) is 0. The molecule has 2 saturated heterocycles. The van der Waals surface area contributed by atoms with Crippen LogP contribution in [-0.2, 0) is 6.54 Å². The number of carbonyl (C=O) groups excluding carboxylic acids is 1. The van der Waals surface area contributed by atoms with E-state index in [0.29, 0.717) is 18.6 Å². The maximum Gasteiger partial charge on any atom is 0.318 e. The fourth-order valence-electron chi connectivity index (χ4n) is 3.31. The van der Waals surface area contributed by atoms with Crippen molar-refractivity contribution in [2.24, 2.45) is 0 Å². The highest BCUT2D eigenvalue weighted by Crippen LogP contribution is 2.35. The molecular weight excluding hydrogens is 224 g/mol. The van der Waals surface area contributed by atoms with Gasteiger partial charge in [-0.2, -0.15) is 0 Å². The molecule has 1 aromatic rings. The third kappa shape index (κ3) is 2.22. The fourth-order valence-corrected chi connectivity index (χ4v) is 3.31. The normalized spacial score (nSPS) is 26.1. The molecule has 3 nitrogen and oxygen atoms in total. The summed E-state index contributed by atoms with van der Waals surface area (Å²) in [4.78, 5) is 14.4. The van der Waals surface area contributed by atoms with E-state index in [-0.39, 0.29) is 6.03 Å². The van der Waals surface area contributed by atoms with Crippen LogP contribution in [0.25, 0.3) is 0 Å². The van der Waals surface area contributed by atoms with Gasteiger partial charge in [-0.05, 0) is 37.7 Å². The number of nitrogens with zero attached hydrogens (tertiary/aromatic N) is 1. The van der Waals surface area contributed by atoms with Gasteiger partial charge in [-0.25, -0.2) is 4.79 Å². The summed E-state index contributed by atoms with van der Waals surface area (Å²) in [5.41, 5.74) is 1.16. The maximum absolute atomic E-state index is 12.2. The number of hydrogen-bond donors (Lipinski definition) is 1. The van der Waals surface area contributed by atoms with Crippen LogP contribution in [0, 0.1) is 0 Å². The third-order valence-electron chi connectivity index (χ3n) is 4.22. The van der Waals surface area contributed by atoms with E-state index in [4.69, 9.17) is 0 Å². The predicted molar refractivity (Wildman–Crippen MR) is 71.2 cm³/mol. The highest BCUT2D eigenvalue weighted by Gasteiger charge is 2.39. The maximum atomic E-state index is 12.2. The number of piperidine rings is 1. The van der Waals surface area contributed by atoms with Crippen molar-refractivity contribution in [2.75, 3.05) is 0 Å². The summed E-state index contributed by atoms with van der Waals surface area (Å²) in [6, 6.07) is 11.2. The Kier molecular flexibility index (Phi) is 3.22. The van der Waals surface area contributed by atoms with E-state index < -0.39 is 0 Å². The Hall–Kier alpha value is -1.51. The molecule has 1 aromatic carbocycles. The first kappa shape index (κ1) is 11.6. The Balaban J connectivity index is 1.59. The number of rotatable bonds is 2. The van der Waals surface area contributed by atoms with Gasteiger partial charge in [-0.15, -0.1) is 0 Å². The Bertz CT molecular complexity index is 402. The minimum absolute atomic E-state index is 0.131. The zero-order valence-corrected chi connectivity index (χ0v) is 10.6. The van der Waals surface area contributed by atoms with Gasteiger partial charge in [-0.1, -0.05) is 30.3 Å². The molecule has 2 aliphatic rings. The highest BCUT2D eigenvalue weighted by atomic mass is 16.2. The summed E-state index contributed by atoms with van der Waals surface area (Å²) < 4.78 is 0. The van der Waals surface area contributed by atoms with E-state index in [1.165, 1.54) is 32.1 Å². The fraction of sp³-hybridized carbons (Fsp3) is 0.533. The lowest BCUT2D eigenvalue weighted by atomic mass is 10.0. The molecule has 2 heterocycles. The van der Waals surface area contributed by atoms with Crippen LogP contribution in [0.1, 0.15) is 37.7 Å². The van der Waals surface area contributed by atoms with Crippen LogP contribution in [0.4, 0.5) is 4.79 Å². The van der Waals surface area contributed by atoms with E-state index >= 15 is 0 Å². The van der Waals surface area contributed by atoms with Gasteiger partial charge in [0.25, 0.3) is 0 Å². The topological polar surface area (TPSA) is 32.3 Å². The Morgan fingerprint density at radius 2 is 1.78 bits per heavy atom. The second kappa shape index (κ2) is 5.01. The standard InChI is InChI=1S/C15H20N2O/c18-15(16-11-12-5-2-1-3-6-12)17-13-7-4-8-14(17)10-9-13/h1-3,5-6,13-14H,4,7-11H2,(H,16,18)/t13-,14+. The summed E-state index contributed by atoms with van der Waals surface area (Å²) in [6.07, 6.45) is 6.06. The first-order chi connectivity index (χ1) is 8.84. The largest absolute Gasteiger partial charge is 0.334 e. The van der Waals surface area contributed by atoms with Crippen molar-refractivity contribution in [3.05, 3.63) is 35.9 Å². The molecule has 1 N–H and O–H groups in total. The molecule has 96 valence electrons. The third-order valence-corrected chi connectivity index (χ3v) is 4.22. The lowest BCUT2D eigenvalue weighted by Crippen LogP contribution is -2.48. The molecule has 0 spiro atoms. The molecule has 3 heteroatoms. The smallest absolute Gasteiger partial charge is 0.318 e. The molecule has 2 amide bonds. The van der Waals surface area contributed by atoms with Gasteiger partial charge >= 0.3 is 6.03 Å². The van der Waals surface area contributed by atoms with Crippen molar-refractivity contribution in [2.45, 2.75) is 50.7 Å². The van der Waals surface area contributed by atoms with Gasteiger partial charge in [0.05, 0.1) is 0 Å². The molecular formula is C15H20N2O. The average molecular weight is 244 g/mol. The SMILES string of the molecule is O=C(NCc1ccccc1)N1[C@@H]2CCC[C@H]1CC2. The molecule has 0 saturated carbocycles. The minimum atomic E-state index is 0.131. The summed E-state index contributed by atoms with van der Waals surface area (Å²) in [5, 5.41) is 3.06. The number of benzene rings is 1. The van der Waals surface area contributed by atoms with Crippen molar-refractivity contribution in [1.82, 2.24) is 10.2 Å². The zero-order valence-electron chi connectivity index (χ0n) is 10.6. The van der Waals surface area contributed by atoms with Gasteiger partial charge in [0.1, 0.15) is 0 Å². The number of hydrogen-bond acceptors (Lipinski definition) is 1. The van der Waals surface area contributed by atoms with Gasteiger partial charge in [0, 0.05) is 18.6 Å². The molecule has 0 aliphatic carbocycles. The van der Waals surface area contributed by atoms with Gasteiger partial charge < -0.3 is 10.2 Å². The number of amides is 2. The average Bonchev–Trinajstić information content (AvgIpc) is 2.67. The minimum Gasteiger partial charge on any atom is -0.334 e. The van der Waals surface area contributed by atoms with Crippen LogP contribution in [0.3, 0.4) is 0 Å². The van der Waals surface area contributed by atoms with Crippen LogP contribution in [0.5, 0.6) is 0 Å². The van der Waals surface area contributed by atoms with Gasteiger partial charge in [0.15, 0.2) is 0 Å². The van der Waals surface area contributed by atoms with Crippen molar-refractivity contribution in [3.63, 3.8) is 0 Å². The van der Waals surface area contributed by atoms with Gasteiger partial charge in [-0.3, -0.25) is 0 Å². The van der Waals surface area contributed by atoms with Gasteiger partial charge in [0.2, 0.25) is 0 Å². The quantitative estimate of drug-likeness (QED) is 0.852. The number of urea groups is 1. The number of nitrogens with one attached hydrogen (secondary N) is 1. The highest BCUT2D eigenvalue weighted by molar-refractivity contribution is 5.75. The molecule has 2 bridgehead atoms. The number of fused-ring (bicyclic) bond motifs is 2. The van der Waals surface area contributed by atoms with Crippen LogP contribution in [0.2, 0.25) is 0 Å². The zero-order chi connectivity index (χ0) is 12.4. The molecule has 2 aliphatic heterocycles.